The predicted molar refractivity (Wildman–Crippen MR) is 124 cm³/mol. The molecule has 0 aliphatic rings. The molecule has 6 heteroatoms. The van der Waals surface area contributed by atoms with E-state index in [4.69, 9.17) is 26.1 Å². The predicted octanol–water partition coefficient (Wildman–Crippen LogP) is 6.18. The normalized spacial score (nSPS) is 10.8. The lowest BCUT2D eigenvalue weighted by Gasteiger charge is -2.13. The maximum atomic E-state index is 13.2. The second-order valence-electron chi connectivity index (χ2n) is 7.45. The van der Waals surface area contributed by atoms with Crippen molar-refractivity contribution in [2.75, 3.05) is 7.11 Å². The van der Waals surface area contributed by atoms with Crippen molar-refractivity contribution in [2.45, 2.75) is 13.8 Å². The highest BCUT2D eigenvalue weighted by molar-refractivity contribution is 6.30. The third-order valence-electron chi connectivity index (χ3n) is 5.09. The Morgan fingerprint density at radius 3 is 2.22 bits per heavy atom. The molecule has 0 aliphatic heterocycles. The summed E-state index contributed by atoms with van der Waals surface area (Å²) in [4.78, 5) is 29.6. The Balaban J connectivity index is 1.78. The number of pyridine rings is 1. The van der Waals surface area contributed by atoms with Gasteiger partial charge in [-0.1, -0.05) is 35.4 Å². The number of halogens is 1. The van der Waals surface area contributed by atoms with Crippen molar-refractivity contribution < 1.29 is 19.1 Å². The van der Waals surface area contributed by atoms with E-state index < -0.39 is 11.9 Å². The Labute approximate surface area is 190 Å². The summed E-state index contributed by atoms with van der Waals surface area (Å²) in [7, 11) is 1.31. The van der Waals surface area contributed by atoms with Gasteiger partial charge in [0.2, 0.25) is 0 Å². The zero-order chi connectivity index (χ0) is 22.8. The van der Waals surface area contributed by atoms with Crippen molar-refractivity contribution in [3.8, 4) is 17.0 Å². The van der Waals surface area contributed by atoms with E-state index in [0.29, 0.717) is 27.6 Å². The summed E-state index contributed by atoms with van der Waals surface area (Å²) >= 11 is 6.03. The van der Waals surface area contributed by atoms with Gasteiger partial charge in [0.15, 0.2) is 0 Å². The van der Waals surface area contributed by atoms with Gasteiger partial charge in [-0.25, -0.2) is 14.6 Å². The molecule has 0 N–H and O–H groups in total. The molecule has 0 saturated carbocycles. The van der Waals surface area contributed by atoms with Gasteiger partial charge in [-0.2, -0.15) is 0 Å². The first-order valence-electron chi connectivity index (χ1n) is 9.94. The Morgan fingerprint density at radius 2 is 1.56 bits per heavy atom. The number of methoxy groups -OCH3 is 1. The van der Waals surface area contributed by atoms with Crippen molar-refractivity contribution in [2.24, 2.45) is 0 Å². The van der Waals surface area contributed by atoms with Gasteiger partial charge in [0, 0.05) is 16.0 Å². The summed E-state index contributed by atoms with van der Waals surface area (Å²) in [6.07, 6.45) is 0. The van der Waals surface area contributed by atoms with E-state index in [1.54, 1.807) is 42.5 Å². The van der Waals surface area contributed by atoms with Gasteiger partial charge in [-0.15, -0.1) is 0 Å². The van der Waals surface area contributed by atoms with Crippen LogP contribution in [0.1, 0.15) is 31.8 Å². The molecular weight excluding hydrogens is 426 g/mol. The number of carbonyl (C=O) groups excluding carboxylic acids is 2. The molecule has 0 saturated heterocycles. The zero-order valence-electron chi connectivity index (χ0n) is 17.8. The van der Waals surface area contributed by atoms with Crippen molar-refractivity contribution in [1.29, 1.82) is 0 Å². The molecule has 1 aromatic heterocycles. The highest BCUT2D eigenvalue weighted by atomic mass is 35.5. The van der Waals surface area contributed by atoms with E-state index in [1.807, 2.05) is 38.1 Å². The van der Waals surface area contributed by atoms with Gasteiger partial charge in [0.25, 0.3) is 0 Å². The molecule has 0 bridgehead atoms. The zero-order valence-corrected chi connectivity index (χ0v) is 18.6. The van der Waals surface area contributed by atoms with E-state index in [1.165, 1.54) is 7.11 Å². The first kappa shape index (κ1) is 21.5. The van der Waals surface area contributed by atoms with Crippen LogP contribution in [-0.2, 0) is 4.74 Å². The molecule has 3 aromatic carbocycles. The number of rotatable bonds is 4. The maximum Gasteiger partial charge on any atom is 0.344 e. The lowest BCUT2D eigenvalue weighted by atomic mass is 10.00. The number of nitrogens with zero attached hydrogens (tertiary/aromatic N) is 1. The van der Waals surface area contributed by atoms with Crippen molar-refractivity contribution in [1.82, 2.24) is 4.98 Å². The smallest absolute Gasteiger partial charge is 0.344 e. The molecular formula is C26H20ClNO4. The number of hydrogen-bond acceptors (Lipinski definition) is 5. The summed E-state index contributed by atoms with van der Waals surface area (Å²) in [6, 6.07) is 19.2. The van der Waals surface area contributed by atoms with E-state index in [2.05, 4.69) is 0 Å². The number of fused-ring (bicyclic) bond motifs is 1. The van der Waals surface area contributed by atoms with Gasteiger partial charge >= 0.3 is 11.9 Å². The van der Waals surface area contributed by atoms with Gasteiger partial charge in [0.1, 0.15) is 5.75 Å². The Hall–Kier alpha value is -3.70. The highest BCUT2D eigenvalue weighted by Gasteiger charge is 2.18. The van der Waals surface area contributed by atoms with Gasteiger partial charge in [-0.3, -0.25) is 0 Å². The molecule has 0 spiro atoms. The van der Waals surface area contributed by atoms with Crippen LogP contribution in [0.3, 0.4) is 0 Å². The first-order valence-corrected chi connectivity index (χ1v) is 10.3. The van der Waals surface area contributed by atoms with Gasteiger partial charge in [0.05, 0.1) is 29.4 Å². The fourth-order valence-corrected chi connectivity index (χ4v) is 3.68. The molecule has 0 unspecified atom stereocenters. The fourth-order valence-electron chi connectivity index (χ4n) is 3.56. The second-order valence-corrected chi connectivity index (χ2v) is 7.88. The Morgan fingerprint density at radius 1 is 0.875 bits per heavy atom. The first-order chi connectivity index (χ1) is 15.4. The van der Waals surface area contributed by atoms with E-state index >= 15 is 0 Å². The Kier molecular flexibility index (Phi) is 5.93. The van der Waals surface area contributed by atoms with Crippen LogP contribution in [-0.4, -0.2) is 24.0 Å². The average molecular weight is 446 g/mol. The van der Waals surface area contributed by atoms with Crippen molar-refractivity contribution in [3.05, 3.63) is 94.0 Å². The number of carbonyl (C=O) groups is 2. The lowest BCUT2D eigenvalue weighted by Crippen LogP contribution is -2.11. The second kappa shape index (κ2) is 8.81. The summed E-state index contributed by atoms with van der Waals surface area (Å²) in [5.41, 5.74) is 4.99. The molecule has 1 heterocycles. The number of hydrogen-bond donors (Lipinski definition) is 0. The minimum Gasteiger partial charge on any atom is -0.465 e. The van der Waals surface area contributed by atoms with Gasteiger partial charge in [-0.05, 0) is 67.9 Å². The number of esters is 2. The average Bonchev–Trinajstić information content (AvgIpc) is 2.79. The van der Waals surface area contributed by atoms with Crippen LogP contribution in [0.15, 0.2) is 66.7 Å². The third-order valence-corrected chi connectivity index (χ3v) is 5.35. The Bertz CT molecular complexity index is 1330. The standard InChI is InChI=1S/C26H20ClNO4/c1-15-12-16(2)24-21(13-15)22(14-23(28-24)17-4-8-19(27)9-5-17)26(30)32-20-10-6-18(7-11-20)25(29)31-3/h4-14H,1-3H3. The van der Waals surface area contributed by atoms with Crippen LogP contribution >= 0.6 is 11.6 Å². The molecule has 0 aliphatic carbocycles. The summed E-state index contributed by atoms with van der Waals surface area (Å²) in [6.45, 7) is 3.94. The highest BCUT2D eigenvalue weighted by Crippen LogP contribution is 2.29. The van der Waals surface area contributed by atoms with E-state index in [0.717, 1.165) is 27.6 Å². The molecule has 4 rings (SSSR count). The van der Waals surface area contributed by atoms with Crippen LogP contribution in [0.25, 0.3) is 22.2 Å². The monoisotopic (exact) mass is 445 g/mol. The maximum absolute atomic E-state index is 13.2. The van der Waals surface area contributed by atoms with Crippen molar-refractivity contribution >= 4 is 34.4 Å². The molecule has 160 valence electrons. The molecule has 0 amide bonds. The SMILES string of the molecule is COC(=O)c1ccc(OC(=O)c2cc(-c3ccc(Cl)cc3)nc3c(C)cc(C)cc23)cc1. The molecule has 4 aromatic rings. The van der Waals surface area contributed by atoms with Gasteiger partial charge < -0.3 is 9.47 Å². The van der Waals surface area contributed by atoms with Crippen LogP contribution in [0.5, 0.6) is 5.75 Å². The van der Waals surface area contributed by atoms with Crippen LogP contribution in [0.4, 0.5) is 0 Å². The van der Waals surface area contributed by atoms with Crippen LogP contribution < -0.4 is 4.74 Å². The number of benzene rings is 3. The quantitative estimate of drug-likeness (QED) is 0.277. The van der Waals surface area contributed by atoms with Crippen molar-refractivity contribution in [3.63, 3.8) is 0 Å². The van der Waals surface area contributed by atoms with E-state index in [-0.39, 0.29) is 0 Å². The number of aryl methyl sites for hydroxylation is 2. The summed E-state index contributed by atoms with van der Waals surface area (Å²) in [5.74, 6) is -0.643. The lowest BCUT2D eigenvalue weighted by molar-refractivity contribution is 0.0600. The molecule has 0 fully saturated rings. The molecule has 0 atom stereocenters. The van der Waals surface area contributed by atoms with E-state index in [9.17, 15) is 9.59 Å². The minimum absolute atomic E-state index is 0.324. The summed E-state index contributed by atoms with van der Waals surface area (Å²) in [5, 5.41) is 1.34. The number of aromatic nitrogens is 1. The van der Waals surface area contributed by atoms with Crippen LogP contribution in [0.2, 0.25) is 5.02 Å². The topological polar surface area (TPSA) is 65.5 Å². The van der Waals surface area contributed by atoms with Crippen LogP contribution in [0, 0.1) is 13.8 Å². The third kappa shape index (κ3) is 4.34. The molecule has 0 radical (unpaired) electrons. The minimum atomic E-state index is -0.511. The summed E-state index contributed by atoms with van der Waals surface area (Å²) < 4.78 is 10.3. The number of ether oxygens (including phenoxy) is 2. The largest absolute Gasteiger partial charge is 0.465 e. The molecule has 5 nitrogen and oxygen atoms in total. The fraction of sp³-hybridized carbons (Fsp3) is 0.115. The molecule has 32 heavy (non-hydrogen) atoms.